The quantitative estimate of drug-likeness (QED) is 0.532. The zero-order valence-corrected chi connectivity index (χ0v) is 17.4. The fourth-order valence-electron chi connectivity index (χ4n) is 3.25. The van der Waals surface area contributed by atoms with Crippen LogP contribution in [0.4, 0.5) is 4.39 Å². The minimum Gasteiger partial charge on any atom is -0.488 e. The molecule has 2 aromatic carbocycles. The smallest absolute Gasteiger partial charge is 0.191 e. The zero-order chi connectivity index (χ0) is 20.9. The zero-order valence-electron chi connectivity index (χ0n) is 16.6. The molecule has 1 atom stereocenters. The van der Waals surface area contributed by atoms with Crippen LogP contribution in [0.2, 0.25) is 0 Å². The number of benzene rings is 2. The van der Waals surface area contributed by atoms with Crippen molar-refractivity contribution in [3.63, 3.8) is 0 Å². The van der Waals surface area contributed by atoms with Gasteiger partial charge in [0.1, 0.15) is 17.7 Å². The normalized spacial score (nSPS) is 16.2. The van der Waals surface area contributed by atoms with Gasteiger partial charge in [-0.2, -0.15) is 0 Å². The third kappa shape index (κ3) is 6.19. The molecule has 8 heteroatoms. The van der Waals surface area contributed by atoms with E-state index in [0.717, 1.165) is 18.4 Å². The van der Waals surface area contributed by atoms with E-state index in [2.05, 4.69) is 21.7 Å². The van der Waals surface area contributed by atoms with Gasteiger partial charge in [-0.15, -0.1) is 0 Å². The molecule has 1 heterocycles. The van der Waals surface area contributed by atoms with E-state index in [4.69, 9.17) is 4.74 Å². The molecular formula is C21H26FN3O3S. The first-order valence-corrected chi connectivity index (χ1v) is 11.6. The van der Waals surface area contributed by atoms with Gasteiger partial charge in [0.05, 0.1) is 18.8 Å². The monoisotopic (exact) mass is 419 g/mol. The summed E-state index contributed by atoms with van der Waals surface area (Å²) in [6.45, 7) is 3.36. The predicted molar refractivity (Wildman–Crippen MR) is 112 cm³/mol. The van der Waals surface area contributed by atoms with Crippen LogP contribution in [-0.4, -0.2) is 39.8 Å². The highest BCUT2D eigenvalue weighted by Crippen LogP contribution is 2.27. The number of ether oxygens (including phenoxy) is 1. The lowest BCUT2D eigenvalue weighted by Crippen LogP contribution is -2.42. The van der Waals surface area contributed by atoms with E-state index in [1.807, 2.05) is 25.1 Å². The van der Waals surface area contributed by atoms with Crippen LogP contribution in [0.5, 0.6) is 5.75 Å². The third-order valence-corrected chi connectivity index (χ3v) is 5.38. The lowest BCUT2D eigenvalue weighted by molar-refractivity contribution is 0.235. The van der Waals surface area contributed by atoms with Crippen molar-refractivity contribution in [1.82, 2.24) is 10.6 Å². The maximum Gasteiger partial charge on any atom is 0.191 e. The molecule has 0 fully saturated rings. The molecule has 3 rings (SSSR count). The fourth-order valence-corrected chi connectivity index (χ4v) is 4.10. The molecular weight excluding hydrogens is 393 g/mol. The summed E-state index contributed by atoms with van der Waals surface area (Å²) in [7, 11) is -3.23. The van der Waals surface area contributed by atoms with Crippen LogP contribution in [0, 0.1) is 5.82 Å². The summed E-state index contributed by atoms with van der Waals surface area (Å²) in [5.41, 5.74) is 2.30. The van der Waals surface area contributed by atoms with Crippen molar-refractivity contribution in [3.8, 4) is 5.75 Å². The highest BCUT2D eigenvalue weighted by Gasteiger charge is 2.22. The van der Waals surface area contributed by atoms with Gasteiger partial charge in [0, 0.05) is 19.2 Å². The largest absolute Gasteiger partial charge is 0.488 e. The molecule has 6 nitrogen and oxygen atoms in total. The predicted octanol–water partition coefficient (Wildman–Crippen LogP) is 2.43. The Hall–Kier alpha value is -2.61. The maximum atomic E-state index is 13.7. The Balaban J connectivity index is 1.66. The molecule has 0 bridgehead atoms. The van der Waals surface area contributed by atoms with Gasteiger partial charge in [0.2, 0.25) is 0 Å². The van der Waals surface area contributed by atoms with E-state index < -0.39 is 15.7 Å². The van der Waals surface area contributed by atoms with E-state index in [0.29, 0.717) is 30.2 Å². The summed E-state index contributed by atoms with van der Waals surface area (Å²) in [4.78, 5) is 4.50. The topological polar surface area (TPSA) is 79.8 Å². The van der Waals surface area contributed by atoms with Crippen molar-refractivity contribution in [2.24, 2.45) is 4.99 Å². The molecule has 0 aromatic heterocycles. The van der Waals surface area contributed by atoms with Gasteiger partial charge < -0.3 is 15.4 Å². The van der Waals surface area contributed by atoms with Gasteiger partial charge >= 0.3 is 0 Å². The summed E-state index contributed by atoms with van der Waals surface area (Å²) >= 11 is 0. The first-order valence-electron chi connectivity index (χ1n) is 9.56. The number of guanidine groups is 1. The van der Waals surface area contributed by atoms with Gasteiger partial charge in [0.25, 0.3) is 0 Å². The molecule has 0 spiro atoms. The standard InChI is InChI=1S/C21H26FN3O3S/c1-3-23-21(25-13-19-11-15-6-4-5-7-20(15)28-19)24-12-17-10-18(22)9-8-16(17)14-29(2,26)27/h4-10,19H,3,11-14H2,1-2H3,(H2,23,24,25). The number of nitrogens with one attached hydrogen (secondary N) is 2. The molecule has 0 saturated heterocycles. The molecule has 1 unspecified atom stereocenters. The molecule has 0 saturated carbocycles. The molecule has 0 amide bonds. The Kier molecular flexibility index (Phi) is 6.74. The van der Waals surface area contributed by atoms with Gasteiger partial charge in [-0.3, -0.25) is 0 Å². The average molecular weight is 420 g/mol. The lowest BCUT2D eigenvalue weighted by atomic mass is 10.1. The maximum absolute atomic E-state index is 13.7. The SMILES string of the molecule is CCNC(=NCc1cc(F)ccc1CS(C)(=O)=O)NCC1Cc2ccccc2O1. The van der Waals surface area contributed by atoms with Crippen LogP contribution in [0.1, 0.15) is 23.6 Å². The number of aliphatic imine (C=N–C) groups is 1. The lowest BCUT2D eigenvalue weighted by Gasteiger charge is -2.16. The van der Waals surface area contributed by atoms with E-state index >= 15 is 0 Å². The highest BCUT2D eigenvalue weighted by molar-refractivity contribution is 7.89. The second kappa shape index (κ2) is 9.26. The van der Waals surface area contributed by atoms with Gasteiger partial charge in [-0.05, 0) is 41.8 Å². The average Bonchev–Trinajstić information content (AvgIpc) is 3.08. The van der Waals surface area contributed by atoms with E-state index in [9.17, 15) is 12.8 Å². The fraction of sp³-hybridized carbons (Fsp3) is 0.381. The van der Waals surface area contributed by atoms with Gasteiger partial charge in [-0.1, -0.05) is 24.3 Å². The molecule has 1 aliphatic heterocycles. The Morgan fingerprint density at radius 2 is 2.00 bits per heavy atom. The minimum absolute atomic E-state index is 0.00576. The van der Waals surface area contributed by atoms with Crippen molar-refractivity contribution in [2.75, 3.05) is 19.3 Å². The van der Waals surface area contributed by atoms with Crippen molar-refractivity contribution < 1.29 is 17.5 Å². The van der Waals surface area contributed by atoms with Crippen LogP contribution in [0.25, 0.3) is 0 Å². The van der Waals surface area contributed by atoms with E-state index in [-0.39, 0.29) is 18.4 Å². The molecule has 1 aliphatic rings. The summed E-state index contributed by atoms with van der Waals surface area (Å²) in [6, 6.07) is 12.1. The third-order valence-electron chi connectivity index (χ3n) is 4.55. The number of para-hydroxylation sites is 1. The van der Waals surface area contributed by atoms with Crippen LogP contribution in [0.3, 0.4) is 0 Å². The molecule has 29 heavy (non-hydrogen) atoms. The van der Waals surface area contributed by atoms with Crippen molar-refractivity contribution in [1.29, 1.82) is 0 Å². The van der Waals surface area contributed by atoms with Crippen molar-refractivity contribution in [3.05, 3.63) is 65.0 Å². The summed E-state index contributed by atoms with van der Waals surface area (Å²) in [5, 5.41) is 6.40. The van der Waals surface area contributed by atoms with Gasteiger partial charge in [-0.25, -0.2) is 17.8 Å². The second-order valence-corrected chi connectivity index (χ2v) is 9.25. The van der Waals surface area contributed by atoms with Gasteiger partial charge in [0.15, 0.2) is 15.8 Å². The number of rotatable bonds is 7. The number of hydrogen-bond acceptors (Lipinski definition) is 4. The van der Waals surface area contributed by atoms with Crippen LogP contribution >= 0.6 is 0 Å². The Bertz CT molecular complexity index is 967. The van der Waals surface area contributed by atoms with Crippen LogP contribution < -0.4 is 15.4 Å². The summed E-state index contributed by atoms with van der Waals surface area (Å²) < 4.78 is 42.9. The van der Waals surface area contributed by atoms with Crippen molar-refractivity contribution >= 4 is 15.8 Å². The number of hydrogen-bond donors (Lipinski definition) is 2. The summed E-state index contributed by atoms with van der Waals surface area (Å²) in [6.07, 6.45) is 1.99. The number of nitrogens with zero attached hydrogens (tertiary/aromatic N) is 1. The summed E-state index contributed by atoms with van der Waals surface area (Å²) in [5.74, 6) is 0.923. The molecule has 2 aromatic rings. The molecule has 0 radical (unpaired) electrons. The number of fused-ring (bicyclic) bond motifs is 1. The minimum atomic E-state index is -3.23. The highest BCUT2D eigenvalue weighted by atomic mass is 32.2. The molecule has 0 aliphatic carbocycles. The number of halogens is 1. The van der Waals surface area contributed by atoms with Crippen molar-refractivity contribution in [2.45, 2.75) is 31.7 Å². The van der Waals surface area contributed by atoms with Crippen LogP contribution in [0.15, 0.2) is 47.5 Å². The number of sulfone groups is 1. The Labute approximate surface area is 171 Å². The Morgan fingerprint density at radius 3 is 2.72 bits per heavy atom. The Morgan fingerprint density at radius 1 is 1.21 bits per heavy atom. The first kappa shape index (κ1) is 21.1. The van der Waals surface area contributed by atoms with E-state index in [1.165, 1.54) is 23.8 Å². The van der Waals surface area contributed by atoms with E-state index in [1.54, 1.807) is 0 Å². The second-order valence-electron chi connectivity index (χ2n) is 7.11. The van der Waals surface area contributed by atoms with Crippen LogP contribution in [-0.2, 0) is 28.6 Å². The molecule has 2 N–H and O–H groups in total. The first-order chi connectivity index (χ1) is 13.8. The molecule has 156 valence electrons.